The molecule has 1 aliphatic rings. The van der Waals surface area contributed by atoms with Gasteiger partial charge in [0.2, 0.25) is 5.91 Å². The standard InChI is InChI=1S/C22H23N5O3S/c1-30-20(29)22(11-5-6-12-22)24-18(28)15-31-21-26-25-19(16-8-7-13-23-14-16)27(21)17-9-3-2-4-10-17/h2-4,7-10,13-14H,5-6,11-12,15H2,1H3,(H,24,28). The van der Waals surface area contributed by atoms with E-state index < -0.39 is 5.54 Å². The Morgan fingerprint density at radius 1 is 1.13 bits per heavy atom. The zero-order chi connectivity index (χ0) is 21.7. The van der Waals surface area contributed by atoms with Crippen LogP contribution in [0.1, 0.15) is 25.7 Å². The van der Waals surface area contributed by atoms with Gasteiger partial charge in [-0.25, -0.2) is 4.79 Å². The smallest absolute Gasteiger partial charge is 0.331 e. The van der Waals surface area contributed by atoms with Crippen LogP contribution in [0.4, 0.5) is 0 Å². The van der Waals surface area contributed by atoms with Gasteiger partial charge < -0.3 is 10.1 Å². The number of para-hydroxylation sites is 1. The summed E-state index contributed by atoms with van der Waals surface area (Å²) in [6, 6.07) is 13.5. The van der Waals surface area contributed by atoms with Crippen molar-refractivity contribution < 1.29 is 14.3 Å². The minimum Gasteiger partial charge on any atom is -0.467 e. The van der Waals surface area contributed by atoms with Gasteiger partial charge in [-0.05, 0) is 37.1 Å². The van der Waals surface area contributed by atoms with E-state index in [0.717, 1.165) is 24.1 Å². The number of benzene rings is 1. The van der Waals surface area contributed by atoms with Crippen LogP contribution < -0.4 is 5.32 Å². The highest BCUT2D eigenvalue weighted by Gasteiger charge is 2.43. The predicted octanol–water partition coefficient (Wildman–Crippen LogP) is 3.02. The van der Waals surface area contributed by atoms with Crippen LogP contribution in [0.3, 0.4) is 0 Å². The number of thioether (sulfide) groups is 1. The number of carbonyl (C=O) groups excluding carboxylic acids is 2. The summed E-state index contributed by atoms with van der Waals surface area (Å²) in [6.45, 7) is 0. The first-order valence-electron chi connectivity index (χ1n) is 10.1. The number of carbonyl (C=O) groups is 2. The molecule has 1 saturated carbocycles. The van der Waals surface area contributed by atoms with Crippen LogP contribution in [0.5, 0.6) is 0 Å². The van der Waals surface area contributed by atoms with Gasteiger partial charge in [0, 0.05) is 23.6 Å². The monoisotopic (exact) mass is 437 g/mol. The van der Waals surface area contributed by atoms with E-state index in [0.29, 0.717) is 23.8 Å². The number of hydrogen-bond acceptors (Lipinski definition) is 7. The predicted molar refractivity (Wildman–Crippen MR) is 117 cm³/mol. The lowest BCUT2D eigenvalue weighted by Crippen LogP contribution is -2.53. The van der Waals surface area contributed by atoms with E-state index in [1.807, 2.05) is 47.0 Å². The Morgan fingerprint density at radius 3 is 2.58 bits per heavy atom. The van der Waals surface area contributed by atoms with Crippen molar-refractivity contribution in [2.75, 3.05) is 12.9 Å². The normalized spacial score (nSPS) is 14.9. The summed E-state index contributed by atoms with van der Waals surface area (Å²) in [7, 11) is 1.35. The number of aromatic nitrogens is 4. The highest BCUT2D eigenvalue weighted by atomic mass is 32.2. The van der Waals surface area contributed by atoms with E-state index in [1.165, 1.54) is 18.9 Å². The molecule has 31 heavy (non-hydrogen) atoms. The summed E-state index contributed by atoms with van der Waals surface area (Å²) in [5.74, 6) is 0.137. The average Bonchev–Trinajstić information content (AvgIpc) is 3.46. The molecular formula is C22H23N5O3S. The highest BCUT2D eigenvalue weighted by Crippen LogP contribution is 2.32. The molecule has 0 aliphatic heterocycles. The number of nitrogens with zero attached hydrogens (tertiary/aromatic N) is 4. The zero-order valence-electron chi connectivity index (χ0n) is 17.2. The first kappa shape index (κ1) is 21.0. The second-order valence-corrected chi connectivity index (χ2v) is 8.28. The number of esters is 1. The first-order valence-corrected chi connectivity index (χ1v) is 11.0. The fourth-order valence-corrected chi connectivity index (χ4v) is 4.59. The van der Waals surface area contributed by atoms with Gasteiger partial charge in [-0.2, -0.15) is 0 Å². The van der Waals surface area contributed by atoms with Crippen LogP contribution in [0.15, 0.2) is 60.0 Å². The van der Waals surface area contributed by atoms with Crippen LogP contribution in [-0.4, -0.2) is 50.0 Å². The Morgan fingerprint density at radius 2 is 1.90 bits per heavy atom. The molecule has 0 atom stereocenters. The van der Waals surface area contributed by atoms with Crippen molar-refractivity contribution in [2.24, 2.45) is 0 Å². The number of nitrogens with one attached hydrogen (secondary N) is 1. The Hall–Kier alpha value is -3.20. The fraction of sp³-hybridized carbons (Fsp3) is 0.318. The Kier molecular flexibility index (Phi) is 6.31. The van der Waals surface area contributed by atoms with Crippen LogP contribution in [0.25, 0.3) is 17.1 Å². The molecular weight excluding hydrogens is 414 g/mol. The van der Waals surface area contributed by atoms with Crippen molar-refractivity contribution in [3.63, 3.8) is 0 Å². The Bertz CT molecular complexity index is 1050. The molecule has 1 amide bonds. The van der Waals surface area contributed by atoms with Gasteiger partial charge in [0.15, 0.2) is 11.0 Å². The number of pyridine rings is 1. The molecule has 160 valence electrons. The summed E-state index contributed by atoms with van der Waals surface area (Å²) in [5, 5.41) is 12.2. The highest BCUT2D eigenvalue weighted by molar-refractivity contribution is 7.99. The molecule has 1 aromatic carbocycles. The van der Waals surface area contributed by atoms with E-state index in [2.05, 4.69) is 20.5 Å². The van der Waals surface area contributed by atoms with Gasteiger partial charge in [0.1, 0.15) is 5.54 Å². The summed E-state index contributed by atoms with van der Waals surface area (Å²) >= 11 is 1.27. The zero-order valence-corrected chi connectivity index (χ0v) is 18.0. The number of methoxy groups -OCH3 is 1. The van der Waals surface area contributed by atoms with Gasteiger partial charge in [-0.1, -0.05) is 42.8 Å². The first-order chi connectivity index (χ1) is 15.1. The number of hydrogen-bond donors (Lipinski definition) is 1. The number of rotatable bonds is 7. The van der Waals surface area contributed by atoms with Crippen molar-refractivity contribution in [1.29, 1.82) is 0 Å². The van der Waals surface area contributed by atoms with E-state index >= 15 is 0 Å². The largest absolute Gasteiger partial charge is 0.467 e. The molecule has 3 aromatic rings. The van der Waals surface area contributed by atoms with Crippen molar-refractivity contribution in [1.82, 2.24) is 25.1 Å². The van der Waals surface area contributed by atoms with E-state index in [1.54, 1.807) is 12.4 Å². The number of ether oxygens (including phenoxy) is 1. The van der Waals surface area contributed by atoms with Gasteiger partial charge in [-0.3, -0.25) is 14.3 Å². The molecule has 1 aliphatic carbocycles. The van der Waals surface area contributed by atoms with Crippen molar-refractivity contribution in [3.8, 4) is 17.1 Å². The molecule has 0 bridgehead atoms. The number of amides is 1. The molecule has 9 heteroatoms. The van der Waals surface area contributed by atoms with Gasteiger partial charge in [-0.15, -0.1) is 10.2 Å². The SMILES string of the molecule is COC(=O)C1(NC(=O)CSc2nnc(-c3cccnc3)n2-c2ccccc2)CCCC1. The summed E-state index contributed by atoms with van der Waals surface area (Å²) in [4.78, 5) is 29.2. The third kappa shape index (κ3) is 4.46. The topological polar surface area (TPSA) is 99.0 Å². The second-order valence-electron chi connectivity index (χ2n) is 7.34. The maximum atomic E-state index is 12.7. The summed E-state index contributed by atoms with van der Waals surface area (Å²) < 4.78 is 6.84. The molecule has 1 fully saturated rings. The lowest BCUT2D eigenvalue weighted by molar-refractivity contribution is -0.150. The fourth-order valence-electron chi connectivity index (χ4n) is 3.84. The van der Waals surface area contributed by atoms with Crippen molar-refractivity contribution in [2.45, 2.75) is 36.4 Å². The maximum Gasteiger partial charge on any atom is 0.331 e. The molecule has 0 spiro atoms. The molecule has 0 radical (unpaired) electrons. The molecule has 0 saturated heterocycles. The lowest BCUT2D eigenvalue weighted by atomic mass is 9.98. The minimum absolute atomic E-state index is 0.108. The third-order valence-corrected chi connectivity index (χ3v) is 6.24. The molecule has 4 rings (SSSR count). The quantitative estimate of drug-likeness (QED) is 0.448. The van der Waals surface area contributed by atoms with Crippen molar-refractivity contribution >= 4 is 23.6 Å². The Labute approximate surface area is 184 Å². The Balaban J connectivity index is 1.56. The second kappa shape index (κ2) is 9.30. The minimum atomic E-state index is -0.916. The molecule has 2 heterocycles. The van der Waals surface area contributed by atoms with E-state index in [9.17, 15) is 9.59 Å². The lowest BCUT2D eigenvalue weighted by Gasteiger charge is -2.27. The molecule has 0 unspecified atom stereocenters. The van der Waals surface area contributed by atoms with Crippen LogP contribution in [0.2, 0.25) is 0 Å². The van der Waals surface area contributed by atoms with Crippen LogP contribution >= 0.6 is 11.8 Å². The molecule has 1 N–H and O–H groups in total. The van der Waals surface area contributed by atoms with Gasteiger partial charge in [0.25, 0.3) is 0 Å². The maximum absolute atomic E-state index is 12.7. The van der Waals surface area contributed by atoms with E-state index in [4.69, 9.17) is 4.74 Å². The summed E-state index contributed by atoms with van der Waals surface area (Å²) in [6.07, 6.45) is 6.40. The van der Waals surface area contributed by atoms with Gasteiger partial charge >= 0.3 is 5.97 Å². The van der Waals surface area contributed by atoms with Crippen molar-refractivity contribution in [3.05, 3.63) is 54.9 Å². The van der Waals surface area contributed by atoms with Crippen LogP contribution in [-0.2, 0) is 14.3 Å². The van der Waals surface area contributed by atoms with Crippen LogP contribution in [0, 0.1) is 0 Å². The third-order valence-electron chi connectivity index (χ3n) is 5.31. The molecule has 8 nitrogen and oxygen atoms in total. The average molecular weight is 438 g/mol. The van der Waals surface area contributed by atoms with E-state index in [-0.39, 0.29) is 17.6 Å². The van der Waals surface area contributed by atoms with Gasteiger partial charge in [0.05, 0.1) is 12.9 Å². The summed E-state index contributed by atoms with van der Waals surface area (Å²) in [5.41, 5.74) is 0.794. The molecule has 2 aromatic heterocycles.